The second-order valence-electron chi connectivity index (χ2n) is 5.48. The Balaban J connectivity index is 1.95. The van der Waals surface area contributed by atoms with Crippen molar-refractivity contribution in [2.45, 2.75) is 4.90 Å². The lowest BCUT2D eigenvalue weighted by atomic mass is 9.85. The molecule has 0 saturated carbocycles. The van der Waals surface area contributed by atoms with Gasteiger partial charge in [0.05, 0.1) is 11.1 Å². The first kappa shape index (κ1) is 14.8. The van der Waals surface area contributed by atoms with E-state index in [0.29, 0.717) is 16.7 Å². The monoisotopic (exact) mass is 335 g/mol. The third-order valence-corrected chi connectivity index (χ3v) is 4.91. The molecule has 2 aromatic carbocycles. The molecular weight excluding hydrogens is 322 g/mol. The van der Waals surface area contributed by atoms with Crippen LogP contribution in [0.4, 0.5) is 5.88 Å². The van der Waals surface area contributed by atoms with E-state index >= 15 is 0 Å². The average molecular weight is 335 g/mol. The van der Waals surface area contributed by atoms with Crippen LogP contribution in [0, 0.1) is 0 Å². The van der Waals surface area contributed by atoms with Crippen LogP contribution in [0.5, 0.6) is 0 Å². The zero-order valence-corrected chi connectivity index (χ0v) is 13.6. The molecule has 1 heterocycles. The number of carbonyl (C=O) groups is 2. The predicted octanol–water partition coefficient (Wildman–Crippen LogP) is 4.03. The van der Waals surface area contributed by atoms with E-state index in [1.54, 1.807) is 36.0 Å². The quantitative estimate of drug-likeness (QED) is 0.560. The normalized spacial score (nSPS) is 12.9. The van der Waals surface area contributed by atoms with Crippen molar-refractivity contribution in [2.75, 3.05) is 12.0 Å². The van der Waals surface area contributed by atoms with Gasteiger partial charge in [-0.15, -0.1) is 11.8 Å². The van der Waals surface area contributed by atoms with Crippen LogP contribution in [0.15, 0.2) is 57.8 Å². The minimum Gasteiger partial charge on any atom is -0.436 e. The van der Waals surface area contributed by atoms with Gasteiger partial charge in [-0.1, -0.05) is 36.4 Å². The van der Waals surface area contributed by atoms with Crippen LogP contribution in [0.2, 0.25) is 0 Å². The fourth-order valence-corrected chi connectivity index (χ4v) is 3.41. The highest BCUT2D eigenvalue weighted by Crippen LogP contribution is 2.40. The number of nitrogens with two attached hydrogens (primary N) is 1. The molecule has 1 aromatic heterocycles. The van der Waals surface area contributed by atoms with Crippen molar-refractivity contribution in [3.8, 4) is 11.1 Å². The van der Waals surface area contributed by atoms with Gasteiger partial charge < -0.3 is 10.2 Å². The molecule has 0 saturated heterocycles. The van der Waals surface area contributed by atoms with Crippen molar-refractivity contribution in [3.05, 3.63) is 71.0 Å². The van der Waals surface area contributed by atoms with Gasteiger partial charge in [-0.25, -0.2) is 0 Å². The molecule has 0 radical (unpaired) electrons. The highest BCUT2D eigenvalue weighted by Gasteiger charge is 2.37. The van der Waals surface area contributed by atoms with E-state index < -0.39 is 0 Å². The van der Waals surface area contributed by atoms with Gasteiger partial charge in [0.25, 0.3) is 0 Å². The summed E-state index contributed by atoms with van der Waals surface area (Å²) >= 11 is 1.62. The molecule has 24 heavy (non-hydrogen) atoms. The van der Waals surface area contributed by atoms with E-state index in [4.69, 9.17) is 10.2 Å². The van der Waals surface area contributed by atoms with Gasteiger partial charge >= 0.3 is 0 Å². The number of benzene rings is 2. The number of ketones is 2. The number of fused-ring (bicyclic) bond motifs is 2. The minimum atomic E-state index is -0.307. The number of hydrogen-bond donors (Lipinski definition) is 1. The second-order valence-corrected chi connectivity index (χ2v) is 6.36. The summed E-state index contributed by atoms with van der Waals surface area (Å²) in [5.41, 5.74) is 8.26. The largest absolute Gasteiger partial charge is 0.436 e. The maximum atomic E-state index is 12.9. The molecule has 4 nitrogen and oxygen atoms in total. The summed E-state index contributed by atoms with van der Waals surface area (Å²) in [6, 6.07) is 14.4. The summed E-state index contributed by atoms with van der Waals surface area (Å²) in [6.07, 6.45) is 1.99. The number of nitrogen functional groups attached to an aromatic ring is 1. The van der Waals surface area contributed by atoms with Gasteiger partial charge in [-0.3, -0.25) is 9.59 Å². The van der Waals surface area contributed by atoms with E-state index in [1.807, 2.05) is 30.5 Å². The number of hydrogen-bond acceptors (Lipinski definition) is 5. The van der Waals surface area contributed by atoms with Gasteiger partial charge in [0, 0.05) is 16.0 Å². The Morgan fingerprint density at radius 1 is 0.875 bits per heavy atom. The zero-order valence-electron chi connectivity index (χ0n) is 12.8. The highest BCUT2D eigenvalue weighted by atomic mass is 32.2. The molecule has 4 rings (SSSR count). The molecule has 118 valence electrons. The summed E-state index contributed by atoms with van der Waals surface area (Å²) in [5.74, 6) is -0.421. The molecule has 0 bridgehead atoms. The lowest BCUT2D eigenvalue weighted by Crippen LogP contribution is -2.19. The van der Waals surface area contributed by atoms with Crippen molar-refractivity contribution >= 4 is 29.2 Å². The molecule has 0 aliphatic heterocycles. The summed E-state index contributed by atoms with van der Waals surface area (Å²) in [5, 5.41) is 0. The van der Waals surface area contributed by atoms with E-state index in [9.17, 15) is 9.59 Å². The predicted molar refractivity (Wildman–Crippen MR) is 93.6 cm³/mol. The molecule has 1 aliphatic carbocycles. The van der Waals surface area contributed by atoms with Gasteiger partial charge in [-0.05, 0) is 24.0 Å². The first-order valence-corrected chi connectivity index (χ1v) is 8.59. The van der Waals surface area contributed by atoms with Crippen LogP contribution in [0.3, 0.4) is 0 Å². The number of carbonyl (C=O) groups excluding carboxylic acids is 2. The first-order valence-electron chi connectivity index (χ1n) is 7.37. The Hall–Kier alpha value is -2.79. The molecular formula is C19H13NO3S. The summed E-state index contributed by atoms with van der Waals surface area (Å²) < 4.78 is 5.49. The second kappa shape index (κ2) is 5.39. The standard InChI is InChI=1S/C19H13NO3S/c1-24-11-8-6-10(7-9-11)14-15-16(21)12-4-2-3-5-13(12)17(22)18(15)23-19(14)20/h2-9H,20H2,1H3. The van der Waals surface area contributed by atoms with Crippen molar-refractivity contribution in [3.63, 3.8) is 0 Å². The van der Waals surface area contributed by atoms with Crippen LogP contribution in [0.25, 0.3) is 11.1 Å². The van der Waals surface area contributed by atoms with Gasteiger partial charge in [0.2, 0.25) is 5.78 Å². The number of furan rings is 1. The Labute approximate surface area is 142 Å². The number of thioether (sulfide) groups is 1. The maximum Gasteiger partial charge on any atom is 0.229 e. The number of anilines is 1. The molecule has 3 aromatic rings. The van der Waals surface area contributed by atoms with E-state index in [0.717, 1.165) is 10.5 Å². The Kier molecular flexibility index (Phi) is 3.32. The molecule has 0 atom stereocenters. The highest BCUT2D eigenvalue weighted by molar-refractivity contribution is 7.98. The maximum absolute atomic E-state index is 12.9. The van der Waals surface area contributed by atoms with Crippen molar-refractivity contribution in [2.24, 2.45) is 0 Å². The Bertz CT molecular complexity index is 986. The van der Waals surface area contributed by atoms with Crippen LogP contribution in [-0.2, 0) is 0 Å². The fraction of sp³-hybridized carbons (Fsp3) is 0.0526. The molecule has 2 N–H and O–H groups in total. The molecule has 0 unspecified atom stereocenters. The molecule has 1 aliphatic rings. The van der Waals surface area contributed by atoms with Crippen molar-refractivity contribution < 1.29 is 14.0 Å². The van der Waals surface area contributed by atoms with Gasteiger partial charge in [0.15, 0.2) is 17.4 Å². The minimum absolute atomic E-state index is 0.0279. The molecule has 5 heteroatoms. The van der Waals surface area contributed by atoms with E-state index in [2.05, 4.69) is 0 Å². The van der Waals surface area contributed by atoms with E-state index in [-0.39, 0.29) is 28.8 Å². The van der Waals surface area contributed by atoms with Crippen molar-refractivity contribution in [1.82, 2.24) is 0 Å². The van der Waals surface area contributed by atoms with Crippen LogP contribution in [-0.4, -0.2) is 17.8 Å². The smallest absolute Gasteiger partial charge is 0.229 e. The molecule has 0 fully saturated rings. The lowest BCUT2D eigenvalue weighted by molar-refractivity contribution is 0.0961. The van der Waals surface area contributed by atoms with Gasteiger partial charge in [-0.2, -0.15) is 0 Å². The Morgan fingerprint density at radius 2 is 1.50 bits per heavy atom. The summed E-state index contributed by atoms with van der Waals surface area (Å²) in [4.78, 5) is 26.7. The van der Waals surface area contributed by atoms with Crippen LogP contribution in [0.1, 0.15) is 32.0 Å². The Morgan fingerprint density at radius 3 is 2.12 bits per heavy atom. The first-order chi connectivity index (χ1) is 11.6. The van der Waals surface area contributed by atoms with Crippen LogP contribution < -0.4 is 5.73 Å². The van der Waals surface area contributed by atoms with E-state index in [1.165, 1.54) is 0 Å². The topological polar surface area (TPSA) is 73.3 Å². The van der Waals surface area contributed by atoms with Crippen molar-refractivity contribution in [1.29, 1.82) is 0 Å². The molecule has 0 spiro atoms. The average Bonchev–Trinajstić information content (AvgIpc) is 2.97. The lowest BCUT2D eigenvalue weighted by Gasteiger charge is -2.13. The summed E-state index contributed by atoms with van der Waals surface area (Å²) in [6.45, 7) is 0. The third-order valence-electron chi connectivity index (χ3n) is 4.16. The third kappa shape index (κ3) is 2.02. The number of rotatable bonds is 2. The fourth-order valence-electron chi connectivity index (χ4n) is 3.01. The van der Waals surface area contributed by atoms with Gasteiger partial charge in [0.1, 0.15) is 0 Å². The SMILES string of the molecule is CSc1ccc(-c2c(N)oc3c2C(=O)c2ccccc2C3=O)cc1. The zero-order chi connectivity index (χ0) is 16.8. The van der Waals surface area contributed by atoms with Crippen LogP contribution >= 0.6 is 11.8 Å². The summed E-state index contributed by atoms with van der Waals surface area (Å²) in [7, 11) is 0. The molecule has 0 amide bonds.